The van der Waals surface area contributed by atoms with Crippen molar-refractivity contribution >= 4 is 28.8 Å². The van der Waals surface area contributed by atoms with Gasteiger partial charge in [0.15, 0.2) is 11.5 Å². The molecule has 41 heavy (non-hydrogen) atoms. The lowest BCUT2D eigenvalue weighted by Crippen LogP contribution is -2.13. The number of halogens is 1. The highest BCUT2D eigenvalue weighted by atomic mass is 35.5. The first kappa shape index (κ1) is 33.1. The van der Waals surface area contributed by atoms with Crippen LogP contribution in [0.5, 0.6) is 0 Å². The summed E-state index contributed by atoms with van der Waals surface area (Å²) in [6, 6.07) is 5.99. The number of aromatic amines is 1. The Hall–Kier alpha value is -2.38. The van der Waals surface area contributed by atoms with Crippen LogP contribution < -0.4 is 5.32 Å². The van der Waals surface area contributed by atoms with Crippen molar-refractivity contribution in [1.82, 2.24) is 19.8 Å². The van der Waals surface area contributed by atoms with Gasteiger partial charge in [0.1, 0.15) is 5.02 Å². The summed E-state index contributed by atoms with van der Waals surface area (Å²) in [7, 11) is 0. The standard InChI is InChI=1S/C33H52ClN5O2/c1-6-8-10-11-12-13-14-15-16-18-22-41-24-26-21-20-25(23-27(26)35-28(40)19-17-9-7-2)31-36-32-29(34)30(33(3,4)5)37-39(32)38-31/h20-21,23H,6-19,22,24H2,1-5H3,(H,35,40)(H,36,38). The van der Waals surface area contributed by atoms with Crippen LogP contribution in [0.3, 0.4) is 0 Å². The number of nitrogens with zero attached hydrogens (tertiary/aromatic N) is 3. The zero-order valence-electron chi connectivity index (χ0n) is 26.1. The number of nitrogens with one attached hydrogen (secondary N) is 2. The summed E-state index contributed by atoms with van der Waals surface area (Å²) in [5.74, 6) is 0.674. The molecule has 0 atom stereocenters. The highest BCUT2D eigenvalue weighted by molar-refractivity contribution is 6.34. The first-order valence-electron chi connectivity index (χ1n) is 15.9. The molecule has 2 aromatic heterocycles. The number of carbonyl (C=O) groups excluding carboxylic acids is 1. The number of hydrogen-bond donors (Lipinski definition) is 2. The molecule has 3 aromatic rings. The molecule has 0 saturated heterocycles. The molecule has 0 bridgehead atoms. The van der Waals surface area contributed by atoms with E-state index in [2.05, 4.69) is 55.1 Å². The van der Waals surface area contributed by atoms with E-state index in [-0.39, 0.29) is 11.3 Å². The molecule has 0 fully saturated rings. The summed E-state index contributed by atoms with van der Waals surface area (Å²) in [6.45, 7) is 11.8. The number of aromatic nitrogens is 4. The quantitative estimate of drug-likeness (QED) is 0.137. The van der Waals surface area contributed by atoms with Crippen LogP contribution in [0, 0.1) is 0 Å². The summed E-state index contributed by atoms with van der Waals surface area (Å²) in [5, 5.41) is 13.0. The van der Waals surface area contributed by atoms with Crippen molar-refractivity contribution in [3.8, 4) is 11.4 Å². The van der Waals surface area contributed by atoms with Crippen LogP contribution in [-0.4, -0.2) is 32.3 Å². The Morgan fingerprint density at radius 1 is 0.927 bits per heavy atom. The minimum Gasteiger partial charge on any atom is -0.377 e. The van der Waals surface area contributed by atoms with Gasteiger partial charge in [-0.15, -0.1) is 9.73 Å². The zero-order valence-corrected chi connectivity index (χ0v) is 26.8. The number of unbranched alkanes of at least 4 members (excludes halogenated alkanes) is 11. The molecular formula is C33H52ClN5O2. The molecule has 228 valence electrons. The minimum atomic E-state index is -0.184. The third-order valence-electron chi connectivity index (χ3n) is 7.52. The Bertz CT molecular complexity index is 1210. The number of ether oxygens (including phenoxy) is 1. The summed E-state index contributed by atoms with van der Waals surface area (Å²) in [5.41, 5.74) is 3.87. The zero-order chi connectivity index (χ0) is 29.7. The number of hydrogen-bond acceptors (Lipinski definition) is 4. The molecule has 3 rings (SSSR count). The van der Waals surface area contributed by atoms with Crippen molar-refractivity contribution in [2.24, 2.45) is 0 Å². The number of H-pyrrole nitrogens is 1. The normalized spacial score (nSPS) is 12.0. The van der Waals surface area contributed by atoms with E-state index >= 15 is 0 Å². The largest absolute Gasteiger partial charge is 0.377 e. The Kier molecular flexibility index (Phi) is 13.7. The van der Waals surface area contributed by atoms with Crippen LogP contribution in [0.15, 0.2) is 18.2 Å². The van der Waals surface area contributed by atoms with Crippen LogP contribution in [0.1, 0.15) is 136 Å². The summed E-state index contributed by atoms with van der Waals surface area (Å²) in [4.78, 5) is 16.1. The van der Waals surface area contributed by atoms with Crippen LogP contribution in [0.25, 0.3) is 17.0 Å². The second kappa shape index (κ2) is 16.9. The number of anilines is 1. The molecule has 1 aromatic carbocycles. The van der Waals surface area contributed by atoms with Crippen LogP contribution in [0.2, 0.25) is 5.02 Å². The molecule has 8 heteroatoms. The summed E-state index contributed by atoms with van der Waals surface area (Å²) < 4.78 is 7.61. The molecule has 7 nitrogen and oxygen atoms in total. The monoisotopic (exact) mass is 585 g/mol. The van der Waals surface area contributed by atoms with Crippen LogP contribution in [-0.2, 0) is 21.6 Å². The van der Waals surface area contributed by atoms with Gasteiger partial charge < -0.3 is 15.0 Å². The van der Waals surface area contributed by atoms with E-state index in [9.17, 15) is 4.79 Å². The van der Waals surface area contributed by atoms with E-state index in [4.69, 9.17) is 16.3 Å². The van der Waals surface area contributed by atoms with Crippen molar-refractivity contribution in [1.29, 1.82) is 0 Å². The molecule has 0 aliphatic heterocycles. The van der Waals surface area contributed by atoms with E-state index in [1.807, 2.05) is 18.2 Å². The van der Waals surface area contributed by atoms with Gasteiger partial charge in [0, 0.05) is 35.3 Å². The Balaban J connectivity index is 1.59. The molecule has 0 saturated carbocycles. The summed E-state index contributed by atoms with van der Waals surface area (Å²) in [6.07, 6.45) is 16.6. The Morgan fingerprint density at radius 2 is 1.56 bits per heavy atom. The van der Waals surface area contributed by atoms with Crippen molar-refractivity contribution in [2.45, 2.75) is 137 Å². The molecule has 0 aliphatic rings. The second-order valence-corrected chi connectivity index (χ2v) is 12.7. The highest BCUT2D eigenvalue weighted by Gasteiger charge is 2.25. The number of benzene rings is 1. The summed E-state index contributed by atoms with van der Waals surface area (Å²) >= 11 is 6.64. The van der Waals surface area contributed by atoms with Gasteiger partial charge in [-0.1, -0.05) is 129 Å². The third kappa shape index (κ3) is 10.4. The van der Waals surface area contributed by atoms with Crippen molar-refractivity contribution < 1.29 is 9.53 Å². The Labute approximate surface area is 252 Å². The molecule has 0 spiro atoms. The van der Waals surface area contributed by atoms with Crippen LogP contribution >= 0.6 is 11.6 Å². The third-order valence-corrected chi connectivity index (χ3v) is 7.88. The van der Waals surface area contributed by atoms with E-state index in [1.54, 1.807) is 4.63 Å². The topological polar surface area (TPSA) is 84.3 Å². The van der Waals surface area contributed by atoms with Gasteiger partial charge in [-0.25, -0.2) is 0 Å². The first-order chi connectivity index (χ1) is 19.7. The average Bonchev–Trinajstić information content (AvgIpc) is 3.49. The number of amides is 1. The fourth-order valence-corrected chi connectivity index (χ4v) is 5.44. The van der Waals surface area contributed by atoms with Gasteiger partial charge in [-0.3, -0.25) is 4.79 Å². The van der Waals surface area contributed by atoms with E-state index < -0.39 is 0 Å². The molecular weight excluding hydrogens is 534 g/mol. The van der Waals surface area contributed by atoms with Crippen LogP contribution in [0.4, 0.5) is 5.69 Å². The van der Waals surface area contributed by atoms with E-state index in [0.717, 1.165) is 54.8 Å². The molecule has 0 unspecified atom stereocenters. The maximum Gasteiger partial charge on any atom is 0.224 e. The van der Waals surface area contributed by atoms with Gasteiger partial charge in [-0.2, -0.15) is 5.10 Å². The maximum atomic E-state index is 12.7. The molecule has 0 aliphatic carbocycles. The molecule has 0 radical (unpaired) electrons. The molecule has 2 heterocycles. The van der Waals surface area contributed by atoms with Gasteiger partial charge in [0.05, 0.1) is 12.3 Å². The van der Waals surface area contributed by atoms with Gasteiger partial charge in [-0.05, 0) is 18.9 Å². The SMILES string of the molecule is CCCCCCCCCCCCOCc1ccc(-c2nn3nc(C(C)(C)C)c(Cl)c3[nH]2)cc1NC(=O)CCCCC. The predicted molar refractivity (Wildman–Crippen MR) is 171 cm³/mol. The van der Waals surface area contributed by atoms with E-state index in [1.165, 1.54) is 57.8 Å². The van der Waals surface area contributed by atoms with Gasteiger partial charge in [0.25, 0.3) is 0 Å². The predicted octanol–water partition coefficient (Wildman–Crippen LogP) is 9.63. The maximum absolute atomic E-state index is 12.7. The fourth-order valence-electron chi connectivity index (χ4n) is 4.99. The Morgan fingerprint density at radius 3 is 2.20 bits per heavy atom. The first-order valence-corrected chi connectivity index (χ1v) is 16.3. The minimum absolute atomic E-state index is 0.0265. The van der Waals surface area contributed by atoms with Gasteiger partial charge in [0.2, 0.25) is 5.91 Å². The van der Waals surface area contributed by atoms with Crippen molar-refractivity contribution in [3.63, 3.8) is 0 Å². The molecule has 1 amide bonds. The fraction of sp³-hybridized carbons (Fsp3) is 0.667. The number of fused-ring (bicyclic) bond motifs is 1. The second-order valence-electron chi connectivity index (χ2n) is 12.3. The highest BCUT2D eigenvalue weighted by Crippen LogP contribution is 2.32. The van der Waals surface area contributed by atoms with Crippen molar-refractivity contribution in [3.05, 3.63) is 34.5 Å². The number of rotatable bonds is 19. The van der Waals surface area contributed by atoms with Gasteiger partial charge >= 0.3 is 0 Å². The lowest BCUT2D eigenvalue weighted by atomic mass is 9.92. The average molecular weight is 586 g/mol. The number of carbonyl (C=O) groups is 1. The van der Waals surface area contributed by atoms with E-state index in [0.29, 0.717) is 29.5 Å². The smallest absolute Gasteiger partial charge is 0.224 e. The molecule has 2 N–H and O–H groups in total. The lowest BCUT2D eigenvalue weighted by molar-refractivity contribution is -0.116. The lowest BCUT2D eigenvalue weighted by Gasteiger charge is -2.15. The van der Waals surface area contributed by atoms with Crippen molar-refractivity contribution in [2.75, 3.05) is 11.9 Å².